The Morgan fingerprint density at radius 2 is 2.07 bits per heavy atom. The maximum absolute atomic E-state index is 13.0. The Bertz CT molecular complexity index is 1080. The van der Waals surface area contributed by atoms with E-state index in [0.717, 1.165) is 27.4 Å². The lowest BCUT2D eigenvalue weighted by Gasteiger charge is -2.15. The first kappa shape index (κ1) is 20.6. The van der Waals surface area contributed by atoms with Gasteiger partial charge in [-0.05, 0) is 57.4 Å². The Kier molecular flexibility index (Phi) is 6.25. The van der Waals surface area contributed by atoms with E-state index in [9.17, 15) is 9.59 Å². The lowest BCUT2D eigenvalue weighted by molar-refractivity contribution is -0.113. The number of carbonyl (C=O) groups excluding carboxylic acids is 1. The van der Waals surface area contributed by atoms with Gasteiger partial charge in [0.1, 0.15) is 4.83 Å². The number of nitrogens with zero attached hydrogens (tertiary/aromatic N) is 2. The van der Waals surface area contributed by atoms with E-state index in [1.807, 2.05) is 52.0 Å². The third-order valence-electron chi connectivity index (χ3n) is 4.67. The fraction of sp³-hybridized carbons (Fsp3) is 0.381. The molecule has 0 bridgehead atoms. The molecule has 2 heterocycles. The second kappa shape index (κ2) is 8.49. The molecule has 0 radical (unpaired) electrons. The van der Waals surface area contributed by atoms with Crippen LogP contribution in [0.2, 0.25) is 0 Å². The molecule has 0 fully saturated rings. The number of hydrogen-bond donors (Lipinski definition) is 1. The Balaban J connectivity index is 1.84. The smallest absolute Gasteiger partial charge is 0.263 e. The average molecular weight is 416 g/mol. The molecule has 5 nitrogen and oxygen atoms in total. The Morgan fingerprint density at radius 3 is 2.75 bits per heavy atom. The molecule has 0 atom stereocenters. The van der Waals surface area contributed by atoms with Crippen molar-refractivity contribution in [2.24, 2.45) is 0 Å². The molecule has 0 unspecified atom stereocenters. The van der Waals surface area contributed by atoms with Gasteiger partial charge >= 0.3 is 0 Å². The van der Waals surface area contributed by atoms with Gasteiger partial charge in [0.25, 0.3) is 5.56 Å². The number of thiophene rings is 1. The van der Waals surface area contributed by atoms with Crippen molar-refractivity contribution in [1.82, 2.24) is 9.55 Å². The predicted molar refractivity (Wildman–Crippen MR) is 119 cm³/mol. The van der Waals surface area contributed by atoms with E-state index >= 15 is 0 Å². The van der Waals surface area contributed by atoms with Gasteiger partial charge in [-0.25, -0.2) is 4.98 Å². The Labute approximate surface area is 173 Å². The van der Waals surface area contributed by atoms with Gasteiger partial charge in [-0.1, -0.05) is 30.8 Å². The SMILES string of the molecule is CCc1cccc(NC(=O)CSc2nc3sc(C)c(C)c3c(=O)n2C(C)C)c1. The zero-order valence-corrected chi connectivity index (χ0v) is 18.5. The monoisotopic (exact) mass is 415 g/mol. The maximum atomic E-state index is 13.0. The summed E-state index contributed by atoms with van der Waals surface area (Å²) in [5.41, 5.74) is 2.94. The largest absolute Gasteiger partial charge is 0.325 e. The van der Waals surface area contributed by atoms with E-state index < -0.39 is 0 Å². The van der Waals surface area contributed by atoms with Crippen LogP contribution in [0.4, 0.5) is 5.69 Å². The van der Waals surface area contributed by atoms with Crippen LogP contribution in [0.1, 0.15) is 42.8 Å². The summed E-state index contributed by atoms with van der Waals surface area (Å²) in [6, 6.07) is 7.81. The van der Waals surface area contributed by atoms with Gasteiger partial charge in [0.2, 0.25) is 5.91 Å². The van der Waals surface area contributed by atoms with E-state index in [1.165, 1.54) is 28.7 Å². The molecule has 148 valence electrons. The number of rotatable bonds is 6. The number of nitrogens with one attached hydrogen (secondary N) is 1. The van der Waals surface area contributed by atoms with Crippen molar-refractivity contribution in [3.63, 3.8) is 0 Å². The molecular weight excluding hydrogens is 390 g/mol. The molecule has 0 aliphatic carbocycles. The zero-order chi connectivity index (χ0) is 20.4. The quantitative estimate of drug-likeness (QED) is 0.457. The molecule has 7 heteroatoms. The van der Waals surface area contributed by atoms with Crippen LogP contribution in [-0.4, -0.2) is 21.2 Å². The summed E-state index contributed by atoms with van der Waals surface area (Å²) >= 11 is 2.83. The van der Waals surface area contributed by atoms with Crippen LogP contribution < -0.4 is 10.9 Å². The van der Waals surface area contributed by atoms with E-state index in [0.29, 0.717) is 10.5 Å². The van der Waals surface area contributed by atoms with E-state index in [4.69, 9.17) is 4.98 Å². The topological polar surface area (TPSA) is 64.0 Å². The van der Waals surface area contributed by atoms with Crippen LogP contribution in [-0.2, 0) is 11.2 Å². The molecule has 1 aromatic carbocycles. The molecular formula is C21H25N3O2S2. The first-order valence-electron chi connectivity index (χ1n) is 9.35. The van der Waals surface area contributed by atoms with Gasteiger partial charge in [0, 0.05) is 16.6 Å². The maximum Gasteiger partial charge on any atom is 0.263 e. The van der Waals surface area contributed by atoms with Crippen LogP contribution in [0.15, 0.2) is 34.2 Å². The van der Waals surface area contributed by atoms with Crippen molar-refractivity contribution in [2.45, 2.75) is 52.2 Å². The van der Waals surface area contributed by atoms with Crippen LogP contribution in [0.5, 0.6) is 0 Å². The number of amides is 1. The number of thioether (sulfide) groups is 1. The Morgan fingerprint density at radius 1 is 1.32 bits per heavy atom. The summed E-state index contributed by atoms with van der Waals surface area (Å²) in [6.45, 7) is 9.98. The number of anilines is 1. The highest BCUT2D eigenvalue weighted by Gasteiger charge is 2.19. The Hall–Kier alpha value is -2.12. The highest BCUT2D eigenvalue weighted by molar-refractivity contribution is 7.99. The number of aromatic nitrogens is 2. The zero-order valence-electron chi connectivity index (χ0n) is 16.8. The molecule has 0 aliphatic heterocycles. The number of aryl methyl sites for hydroxylation is 3. The third-order valence-corrected chi connectivity index (χ3v) is 6.72. The highest BCUT2D eigenvalue weighted by Crippen LogP contribution is 2.29. The van der Waals surface area contributed by atoms with Crippen LogP contribution in [0.25, 0.3) is 10.2 Å². The first-order valence-corrected chi connectivity index (χ1v) is 11.2. The normalized spacial score (nSPS) is 11.4. The molecule has 1 N–H and O–H groups in total. The van der Waals surface area contributed by atoms with Crippen molar-refractivity contribution in [3.8, 4) is 0 Å². The van der Waals surface area contributed by atoms with Crippen molar-refractivity contribution >= 4 is 44.9 Å². The van der Waals surface area contributed by atoms with Crippen molar-refractivity contribution in [1.29, 1.82) is 0 Å². The van der Waals surface area contributed by atoms with Gasteiger partial charge < -0.3 is 5.32 Å². The number of carbonyl (C=O) groups is 1. The van der Waals surface area contributed by atoms with Gasteiger partial charge in [-0.2, -0.15) is 0 Å². The van der Waals surface area contributed by atoms with Gasteiger partial charge in [0.15, 0.2) is 5.16 Å². The van der Waals surface area contributed by atoms with Crippen molar-refractivity contribution in [2.75, 3.05) is 11.1 Å². The number of fused-ring (bicyclic) bond motifs is 1. The fourth-order valence-corrected chi connectivity index (χ4v) is 5.04. The number of hydrogen-bond acceptors (Lipinski definition) is 5. The van der Waals surface area contributed by atoms with E-state index in [1.54, 1.807) is 4.57 Å². The minimum atomic E-state index is -0.110. The van der Waals surface area contributed by atoms with Crippen LogP contribution in [0, 0.1) is 13.8 Å². The van der Waals surface area contributed by atoms with Gasteiger partial charge in [-0.15, -0.1) is 11.3 Å². The summed E-state index contributed by atoms with van der Waals surface area (Å²) in [5, 5.41) is 4.21. The minimum Gasteiger partial charge on any atom is -0.325 e. The molecule has 3 aromatic rings. The number of benzene rings is 1. The average Bonchev–Trinajstić information content (AvgIpc) is 2.94. The molecule has 3 rings (SSSR count). The molecule has 0 saturated heterocycles. The summed E-state index contributed by atoms with van der Waals surface area (Å²) in [4.78, 5) is 32.0. The third kappa shape index (κ3) is 4.15. The first-order chi connectivity index (χ1) is 13.3. The second-order valence-corrected chi connectivity index (χ2v) is 9.16. The summed E-state index contributed by atoms with van der Waals surface area (Å²) < 4.78 is 1.69. The van der Waals surface area contributed by atoms with Gasteiger partial charge in [-0.3, -0.25) is 14.2 Å². The summed E-state index contributed by atoms with van der Waals surface area (Å²) in [6.07, 6.45) is 0.919. The lowest BCUT2D eigenvalue weighted by atomic mass is 10.1. The van der Waals surface area contributed by atoms with Crippen molar-refractivity contribution < 1.29 is 4.79 Å². The molecule has 0 saturated carbocycles. The minimum absolute atomic E-state index is 0.0274. The molecule has 1 amide bonds. The lowest BCUT2D eigenvalue weighted by Crippen LogP contribution is -2.25. The predicted octanol–water partition coefficient (Wildman–Crippen LogP) is 4.95. The highest BCUT2D eigenvalue weighted by atomic mass is 32.2. The standard InChI is InChI=1S/C21H25N3O2S2/c1-6-15-8-7-9-16(10-15)22-17(25)11-27-21-23-19-18(13(4)14(5)28-19)20(26)24(21)12(2)3/h7-10,12H,6,11H2,1-5H3,(H,22,25). The van der Waals surface area contributed by atoms with Gasteiger partial charge in [0.05, 0.1) is 11.1 Å². The second-order valence-electron chi connectivity index (χ2n) is 7.02. The van der Waals surface area contributed by atoms with E-state index in [2.05, 4.69) is 12.2 Å². The van der Waals surface area contributed by atoms with Crippen molar-refractivity contribution in [3.05, 3.63) is 50.6 Å². The summed E-state index contributed by atoms with van der Waals surface area (Å²) in [5.74, 6) is 0.0890. The molecule has 0 aliphatic rings. The summed E-state index contributed by atoms with van der Waals surface area (Å²) in [7, 11) is 0. The van der Waals surface area contributed by atoms with E-state index in [-0.39, 0.29) is 23.3 Å². The molecule has 2 aromatic heterocycles. The molecule has 0 spiro atoms. The molecule has 28 heavy (non-hydrogen) atoms. The van der Waals surface area contributed by atoms with Crippen LogP contribution >= 0.6 is 23.1 Å². The van der Waals surface area contributed by atoms with Crippen LogP contribution in [0.3, 0.4) is 0 Å². The fourth-order valence-electron chi connectivity index (χ4n) is 3.04.